The minimum atomic E-state index is -1.88. The Labute approximate surface area is 418 Å². The Kier molecular flexibility index (Phi) is 30.2. The molecule has 9 amide bonds. The van der Waals surface area contributed by atoms with Crippen LogP contribution in [0, 0.1) is 17.8 Å². The van der Waals surface area contributed by atoms with Gasteiger partial charge < -0.3 is 80.2 Å². The van der Waals surface area contributed by atoms with Crippen molar-refractivity contribution >= 4 is 71.1 Å². The lowest BCUT2D eigenvalue weighted by Crippen LogP contribution is -2.61. The van der Waals surface area contributed by atoms with Crippen LogP contribution in [-0.4, -0.2) is 159 Å². The number of carboxylic acids is 3. The summed E-state index contributed by atoms with van der Waals surface area (Å²) in [5, 5.41) is 57.6. The van der Waals surface area contributed by atoms with Gasteiger partial charge in [0.2, 0.25) is 53.2 Å². The van der Waals surface area contributed by atoms with Crippen LogP contribution < -0.4 is 59.7 Å². The highest BCUT2D eigenvalue weighted by atomic mass is 16.4. The minimum Gasteiger partial charge on any atom is -0.481 e. The molecule has 0 rings (SSSR count). The van der Waals surface area contributed by atoms with E-state index < -0.39 is 170 Å². The predicted molar refractivity (Wildman–Crippen MR) is 257 cm³/mol. The van der Waals surface area contributed by atoms with Crippen molar-refractivity contribution in [1.29, 1.82) is 0 Å². The molecule has 0 aromatic carbocycles. The average molecular weight is 1030 g/mol. The molecular formula is C45H79N11O16. The monoisotopic (exact) mass is 1030 g/mol. The molecule has 0 fully saturated rings. The smallest absolute Gasteiger partial charge is 0.326 e. The van der Waals surface area contributed by atoms with Gasteiger partial charge in [0.1, 0.15) is 54.4 Å². The van der Waals surface area contributed by atoms with Crippen molar-refractivity contribution in [3.63, 3.8) is 0 Å². The van der Waals surface area contributed by atoms with Gasteiger partial charge in [-0.2, -0.15) is 0 Å². The summed E-state index contributed by atoms with van der Waals surface area (Å²) in [5.74, 6) is -14.3. The van der Waals surface area contributed by atoms with E-state index >= 15 is 0 Å². The van der Waals surface area contributed by atoms with E-state index in [-0.39, 0.29) is 31.1 Å². The second-order valence-electron chi connectivity index (χ2n) is 18.7. The van der Waals surface area contributed by atoms with Crippen LogP contribution in [0.3, 0.4) is 0 Å². The normalized spacial score (nSPS) is 15.8. The molecule has 0 aliphatic heterocycles. The molecule has 27 nitrogen and oxygen atoms in total. The second-order valence-corrected chi connectivity index (χ2v) is 18.7. The van der Waals surface area contributed by atoms with Gasteiger partial charge in [-0.25, -0.2) is 4.79 Å². The lowest BCUT2D eigenvalue weighted by molar-refractivity contribution is -0.143. The van der Waals surface area contributed by atoms with Crippen molar-refractivity contribution < 1.29 is 78.0 Å². The van der Waals surface area contributed by atoms with Gasteiger partial charge in [-0.3, -0.25) is 52.7 Å². The first-order chi connectivity index (χ1) is 33.4. The van der Waals surface area contributed by atoms with Gasteiger partial charge in [0.05, 0.1) is 12.5 Å². The molecule has 0 unspecified atom stereocenters. The molecule has 0 aromatic heterocycles. The maximum atomic E-state index is 14.1. The van der Waals surface area contributed by atoms with Crippen LogP contribution in [0.2, 0.25) is 0 Å². The first-order valence-corrected chi connectivity index (χ1v) is 24.0. The topological polar surface area (TPSA) is 460 Å². The number of carbonyl (C=O) groups excluding carboxylic acids is 9. The largest absolute Gasteiger partial charge is 0.481 e. The van der Waals surface area contributed by atoms with Gasteiger partial charge in [0, 0.05) is 12.8 Å². The highest BCUT2D eigenvalue weighted by Gasteiger charge is 2.37. The van der Waals surface area contributed by atoms with E-state index in [1.54, 1.807) is 41.5 Å². The number of nitrogens with one attached hydrogen (secondary N) is 8. The fraction of sp³-hybridized carbons (Fsp3) is 0.733. The third-order valence-electron chi connectivity index (χ3n) is 11.2. The number of carbonyl (C=O) groups is 12. The fourth-order valence-corrected chi connectivity index (χ4v) is 6.83. The number of rotatable bonds is 36. The average Bonchev–Trinajstić information content (AvgIpc) is 3.27. The number of aliphatic hydroxyl groups excluding tert-OH is 1. The van der Waals surface area contributed by atoms with E-state index in [1.807, 2.05) is 0 Å². The number of amides is 9. The van der Waals surface area contributed by atoms with Crippen molar-refractivity contribution in [2.45, 2.75) is 186 Å². The summed E-state index contributed by atoms with van der Waals surface area (Å²) in [5.41, 5.74) is 16.4. The van der Waals surface area contributed by atoms with Gasteiger partial charge >= 0.3 is 17.9 Å². The number of aliphatic carboxylic acids is 3. The number of hydrogen-bond acceptors (Lipinski definition) is 15. The molecule has 0 aliphatic rings. The molecule has 0 spiro atoms. The SMILES string of the molecule is CC[C@H](C)[C@H](NC(=O)[C@H](CCC(=O)O)NC(=O)[C@H](CC(C)C)NC(=O)[C@H](CCC(N)=O)NC(=O)[C@H](CC(=O)O)NC(=O)[C@H](C)NC(=O)[C@@H](N)[C@@H](C)O)C(=O)N[C@@H](CC(C)C)C(=O)N[C@@H](CCCCN)C(=O)O. The van der Waals surface area contributed by atoms with Crippen LogP contribution in [0.25, 0.3) is 0 Å². The van der Waals surface area contributed by atoms with Crippen LogP contribution >= 0.6 is 0 Å². The zero-order valence-electron chi connectivity index (χ0n) is 42.4. The lowest BCUT2D eigenvalue weighted by atomic mass is 9.96. The first kappa shape index (κ1) is 65.5. The molecule has 410 valence electrons. The summed E-state index contributed by atoms with van der Waals surface area (Å²) in [6, 6.07) is -13.5. The standard InChI is InChI=1S/C45H79N11O16/c1-9-23(6)36(44(70)55-30(19-22(4)5)41(67)52-28(45(71)72)12-10-11-17-46)56-39(65)27(14-16-33(59)60)51-40(66)29(18-21(2)3)54-38(64)26(13-15-32(47)58)50-42(68)31(20-34(61)62)53-37(63)24(7)49-43(69)35(48)25(8)57/h21-31,35-36,57H,9-20,46,48H2,1-8H3,(H2,47,58)(H,49,69)(H,50,68)(H,51,66)(H,52,67)(H,53,63)(H,54,64)(H,55,70)(H,56,65)(H,59,60)(H,61,62)(H,71,72)/t23-,24-,25+,26-,27-,28-,29-,30-,31-,35-,36-/m0/s1. The van der Waals surface area contributed by atoms with Crippen molar-refractivity contribution in [3.8, 4) is 0 Å². The molecular weight excluding hydrogens is 951 g/mol. The maximum absolute atomic E-state index is 14.1. The molecule has 0 saturated heterocycles. The number of unbranched alkanes of at least 4 members (excludes halogenated alkanes) is 1. The van der Waals surface area contributed by atoms with Crippen LogP contribution in [0.15, 0.2) is 0 Å². The Morgan fingerprint density at radius 2 is 0.917 bits per heavy atom. The van der Waals surface area contributed by atoms with Crippen molar-refractivity contribution in [3.05, 3.63) is 0 Å². The zero-order chi connectivity index (χ0) is 55.6. The van der Waals surface area contributed by atoms with Gasteiger partial charge in [-0.05, 0) is 83.1 Å². The van der Waals surface area contributed by atoms with Crippen LogP contribution in [-0.2, 0) is 57.5 Å². The minimum absolute atomic E-state index is 0.0724. The molecule has 0 radical (unpaired) electrons. The molecule has 11 atom stereocenters. The van der Waals surface area contributed by atoms with Gasteiger partial charge in [-0.1, -0.05) is 48.0 Å². The van der Waals surface area contributed by atoms with E-state index in [0.29, 0.717) is 25.8 Å². The number of nitrogens with two attached hydrogens (primary N) is 3. The highest BCUT2D eigenvalue weighted by Crippen LogP contribution is 2.14. The summed E-state index contributed by atoms with van der Waals surface area (Å²) < 4.78 is 0. The molecule has 18 N–H and O–H groups in total. The molecule has 0 aromatic rings. The molecule has 0 heterocycles. The van der Waals surface area contributed by atoms with E-state index in [0.717, 1.165) is 0 Å². The fourth-order valence-electron chi connectivity index (χ4n) is 6.83. The Morgan fingerprint density at radius 3 is 1.35 bits per heavy atom. The number of hydrogen-bond donors (Lipinski definition) is 15. The van der Waals surface area contributed by atoms with E-state index in [4.69, 9.17) is 17.2 Å². The van der Waals surface area contributed by atoms with Crippen LogP contribution in [0.5, 0.6) is 0 Å². The molecule has 27 heteroatoms. The van der Waals surface area contributed by atoms with Gasteiger partial charge in [0.25, 0.3) is 0 Å². The third kappa shape index (κ3) is 25.6. The zero-order valence-corrected chi connectivity index (χ0v) is 42.4. The van der Waals surface area contributed by atoms with Gasteiger partial charge in [0.15, 0.2) is 0 Å². The summed E-state index contributed by atoms with van der Waals surface area (Å²) >= 11 is 0. The molecule has 72 heavy (non-hydrogen) atoms. The quantitative estimate of drug-likeness (QED) is 0.0271. The van der Waals surface area contributed by atoms with Crippen molar-refractivity contribution in [2.24, 2.45) is 35.0 Å². The molecule has 0 saturated carbocycles. The number of aliphatic hydroxyl groups is 1. The first-order valence-electron chi connectivity index (χ1n) is 24.0. The number of primary amides is 1. The van der Waals surface area contributed by atoms with Crippen molar-refractivity contribution in [1.82, 2.24) is 42.5 Å². The highest BCUT2D eigenvalue weighted by molar-refractivity contribution is 5.99. The van der Waals surface area contributed by atoms with Gasteiger partial charge in [-0.15, -0.1) is 0 Å². The molecule has 0 bridgehead atoms. The Bertz CT molecular complexity index is 1880. The van der Waals surface area contributed by atoms with Crippen molar-refractivity contribution in [2.75, 3.05) is 6.54 Å². The second kappa shape index (κ2) is 33.2. The van der Waals surface area contributed by atoms with E-state index in [1.165, 1.54) is 13.8 Å². The predicted octanol–water partition coefficient (Wildman–Crippen LogP) is -3.45. The Hall–Kier alpha value is -6.48. The Morgan fingerprint density at radius 1 is 0.486 bits per heavy atom. The summed E-state index contributed by atoms with van der Waals surface area (Å²) in [6.07, 6.45) is -3.31. The molecule has 0 aliphatic carbocycles. The maximum Gasteiger partial charge on any atom is 0.326 e. The lowest BCUT2D eigenvalue weighted by Gasteiger charge is -2.30. The third-order valence-corrected chi connectivity index (χ3v) is 11.2. The number of carboxylic acid groups (broad SMARTS) is 3. The van der Waals surface area contributed by atoms with E-state index in [2.05, 4.69) is 42.5 Å². The summed E-state index contributed by atoms with van der Waals surface area (Å²) in [7, 11) is 0. The van der Waals surface area contributed by atoms with Crippen LogP contribution in [0.4, 0.5) is 0 Å². The summed E-state index contributed by atoms with van der Waals surface area (Å²) in [4.78, 5) is 156. The Balaban J connectivity index is 6.72. The van der Waals surface area contributed by atoms with E-state index in [9.17, 15) is 78.0 Å². The summed E-state index contributed by atoms with van der Waals surface area (Å²) in [6.45, 7) is 12.9. The van der Waals surface area contributed by atoms with Crippen LogP contribution in [0.1, 0.15) is 126 Å².